The molecule has 0 unspecified atom stereocenters. The summed E-state index contributed by atoms with van der Waals surface area (Å²) in [5.74, 6) is 1.59. The zero-order valence-corrected chi connectivity index (χ0v) is 29.5. The van der Waals surface area contributed by atoms with Crippen LogP contribution in [0.25, 0.3) is 77.5 Å². The summed E-state index contributed by atoms with van der Waals surface area (Å²) >= 11 is 0. The van der Waals surface area contributed by atoms with Gasteiger partial charge in [-0.1, -0.05) is 119 Å². The fourth-order valence-corrected chi connectivity index (χ4v) is 7.15. The van der Waals surface area contributed by atoms with Gasteiger partial charge in [-0.25, -0.2) is 4.98 Å². The van der Waals surface area contributed by atoms with Crippen molar-refractivity contribution in [2.75, 3.05) is 0 Å². The standard InChI is InChI=1S/C44H24N6O.Pt/c45-27-28-23-30(49-40-18-8-7-15-36(40)38-17-10-22-46-42(38)49)25-32(24-28)51-31-20-21-34-35-14-6-9-19-41(35)50-43(47-48-44(50)39(34)26-31)37-16-5-4-13-33(37)29-11-2-1-3-12-29;/h1-24H;/q-2;+2. The van der Waals surface area contributed by atoms with Gasteiger partial charge in [0.15, 0.2) is 5.82 Å². The Morgan fingerprint density at radius 2 is 1.31 bits per heavy atom. The molecule has 0 saturated carbocycles. The predicted molar refractivity (Wildman–Crippen MR) is 200 cm³/mol. The average molecular weight is 848 g/mol. The van der Waals surface area contributed by atoms with Crippen LogP contribution < -0.4 is 4.74 Å². The number of nitrogens with zero attached hydrogens (tertiary/aromatic N) is 6. The van der Waals surface area contributed by atoms with E-state index in [-0.39, 0.29) is 21.1 Å². The molecule has 6 aromatic carbocycles. The molecule has 0 bridgehead atoms. The topological polar surface area (TPSA) is 81.0 Å². The first-order chi connectivity index (χ1) is 25.2. The van der Waals surface area contributed by atoms with E-state index in [0.717, 1.165) is 66.1 Å². The number of para-hydroxylation sites is 2. The van der Waals surface area contributed by atoms with Gasteiger partial charge in [0, 0.05) is 39.5 Å². The number of nitriles is 1. The largest absolute Gasteiger partial charge is 2.00 e. The van der Waals surface area contributed by atoms with Gasteiger partial charge in [-0.3, -0.25) is 0 Å². The maximum absolute atomic E-state index is 10.1. The molecule has 10 aromatic rings. The summed E-state index contributed by atoms with van der Waals surface area (Å²) in [6, 6.07) is 55.6. The third-order valence-corrected chi connectivity index (χ3v) is 9.35. The average Bonchev–Trinajstić information content (AvgIpc) is 3.79. The third kappa shape index (κ3) is 4.96. The number of pyridine rings is 2. The van der Waals surface area contributed by atoms with Crippen molar-refractivity contribution >= 4 is 49.3 Å². The second-order valence-corrected chi connectivity index (χ2v) is 12.3. The van der Waals surface area contributed by atoms with Gasteiger partial charge in [-0.2, -0.15) is 10.4 Å². The van der Waals surface area contributed by atoms with Crippen molar-refractivity contribution in [3.05, 3.63) is 163 Å². The fraction of sp³-hybridized carbons (Fsp3) is 0. The molecule has 7 nitrogen and oxygen atoms in total. The molecule has 0 amide bonds. The second-order valence-electron chi connectivity index (χ2n) is 12.3. The molecule has 0 radical (unpaired) electrons. The van der Waals surface area contributed by atoms with Crippen LogP contribution in [0.3, 0.4) is 0 Å². The van der Waals surface area contributed by atoms with Crippen molar-refractivity contribution < 1.29 is 25.8 Å². The molecule has 0 aliphatic rings. The van der Waals surface area contributed by atoms with Crippen LogP contribution in [-0.4, -0.2) is 24.1 Å². The molecule has 8 heteroatoms. The van der Waals surface area contributed by atoms with Gasteiger partial charge in [-0.05, 0) is 40.8 Å². The van der Waals surface area contributed by atoms with E-state index in [1.807, 2.05) is 83.4 Å². The third-order valence-electron chi connectivity index (χ3n) is 9.35. The van der Waals surface area contributed by atoms with Gasteiger partial charge in [0.1, 0.15) is 5.65 Å². The van der Waals surface area contributed by atoms with E-state index in [0.29, 0.717) is 28.4 Å². The molecule has 52 heavy (non-hydrogen) atoms. The zero-order valence-electron chi connectivity index (χ0n) is 27.3. The van der Waals surface area contributed by atoms with Crippen molar-refractivity contribution in [3.8, 4) is 45.8 Å². The Kier molecular flexibility index (Phi) is 7.61. The normalized spacial score (nSPS) is 11.3. The summed E-state index contributed by atoms with van der Waals surface area (Å²) in [4.78, 5) is 4.70. The van der Waals surface area contributed by atoms with Crippen LogP contribution in [0, 0.1) is 23.5 Å². The second kappa shape index (κ2) is 12.6. The molecule has 0 fully saturated rings. The number of benzene rings is 6. The van der Waals surface area contributed by atoms with Gasteiger partial charge in [0.2, 0.25) is 0 Å². The van der Waals surface area contributed by atoms with Crippen LogP contribution in [0.15, 0.2) is 146 Å². The number of hydrogen-bond donors (Lipinski definition) is 0. The Morgan fingerprint density at radius 1 is 0.596 bits per heavy atom. The number of aromatic nitrogens is 5. The first kappa shape index (κ1) is 31.4. The van der Waals surface area contributed by atoms with E-state index in [4.69, 9.17) is 19.9 Å². The van der Waals surface area contributed by atoms with E-state index >= 15 is 0 Å². The van der Waals surface area contributed by atoms with E-state index in [1.54, 1.807) is 18.3 Å². The summed E-state index contributed by atoms with van der Waals surface area (Å²) in [7, 11) is 0. The van der Waals surface area contributed by atoms with Crippen LogP contribution in [0.2, 0.25) is 0 Å². The van der Waals surface area contributed by atoms with E-state index in [9.17, 15) is 5.26 Å². The van der Waals surface area contributed by atoms with Crippen LogP contribution in [0.4, 0.5) is 0 Å². The summed E-state index contributed by atoms with van der Waals surface area (Å²) in [6.07, 6.45) is 1.77. The summed E-state index contributed by atoms with van der Waals surface area (Å²) in [5.41, 5.74) is 7.64. The smallest absolute Gasteiger partial charge is 0.503 e. The van der Waals surface area contributed by atoms with E-state index in [2.05, 4.69) is 71.1 Å². The predicted octanol–water partition coefficient (Wildman–Crippen LogP) is 10.1. The number of fused-ring (bicyclic) bond motifs is 9. The Balaban J connectivity index is 0.00000360. The molecule has 4 heterocycles. The van der Waals surface area contributed by atoms with Crippen molar-refractivity contribution in [2.24, 2.45) is 0 Å². The van der Waals surface area contributed by atoms with Crippen molar-refractivity contribution in [1.82, 2.24) is 24.1 Å². The molecule has 10 rings (SSSR count). The van der Waals surface area contributed by atoms with Crippen LogP contribution in [0.1, 0.15) is 5.56 Å². The quantitative estimate of drug-likeness (QED) is 0.127. The Hall–Kier alpha value is -6.61. The molecule has 246 valence electrons. The maximum Gasteiger partial charge on any atom is 2.00 e. The van der Waals surface area contributed by atoms with Gasteiger partial charge in [-0.15, -0.1) is 35.4 Å². The number of hydrogen-bond acceptors (Lipinski definition) is 5. The Labute approximate surface area is 312 Å². The summed E-state index contributed by atoms with van der Waals surface area (Å²) in [5, 5.41) is 24.5. The molecule has 0 saturated heterocycles. The minimum Gasteiger partial charge on any atom is -0.503 e. The SMILES string of the molecule is N#Cc1cc(Oc2[c-]c3c(cc2)c2ccccc2n2c(-c4ccccc4-c4ccccc4)nnc32)[c-]c(-n2c3ccccc3c3cccnc32)c1.[Pt+2]. The van der Waals surface area contributed by atoms with Gasteiger partial charge >= 0.3 is 21.1 Å². The molecule has 0 aliphatic heterocycles. The van der Waals surface area contributed by atoms with Crippen molar-refractivity contribution in [3.63, 3.8) is 0 Å². The molecular formula is C44H24N6OPt. The number of ether oxygens (including phenoxy) is 1. The van der Waals surface area contributed by atoms with Crippen LogP contribution in [-0.2, 0) is 21.1 Å². The summed E-state index contributed by atoms with van der Waals surface area (Å²) in [6.45, 7) is 0. The van der Waals surface area contributed by atoms with Crippen molar-refractivity contribution in [1.29, 1.82) is 5.26 Å². The maximum atomic E-state index is 10.1. The van der Waals surface area contributed by atoms with Crippen LogP contribution >= 0.6 is 0 Å². The van der Waals surface area contributed by atoms with E-state index in [1.165, 1.54) is 0 Å². The zero-order chi connectivity index (χ0) is 33.9. The fourth-order valence-electron chi connectivity index (χ4n) is 7.15. The Bertz CT molecular complexity index is 2980. The molecule has 0 spiro atoms. The minimum absolute atomic E-state index is 0. The van der Waals surface area contributed by atoms with E-state index < -0.39 is 0 Å². The molecular weight excluding hydrogens is 824 g/mol. The van der Waals surface area contributed by atoms with Gasteiger partial charge in [0.25, 0.3) is 0 Å². The molecule has 0 aliphatic carbocycles. The molecule has 4 aromatic heterocycles. The van der Waals surface area contributed by atoms with Gasteiger partial charge in [0.05, 0.1) is 17.2 Å². The monoisotopic (exact) mass is 847 g/mol. The first-order valence-electron chi connectivity index (χ1n) is 16.5. The molecule has 0 N–H and O–H groups in total. The number of rotatable bonds is 5. The molecule has 0 atom stereocenters. The Morgan fingerprint density at radius 3 is 2.13 bits per heavy atom. The van der Waals surface area contributed by atoms with Gasteiger partial charge < -0.3 is 13.7 Å². The first-order valence-corrected chi connectivity index (χ1v) is 16.5. The van der Waals surface area contributed by atoms with Crippen molar-refractivity contribution in [2.45, 2.75) is 0 Å². The minimum atomic E-state index is 0. The van der Waals surface area contributed by atoms with Crippen LogP contribution in [0.5, 0.6) is 11.5 Å². The summed E-state index contributed by atoms with van der Waals surface area (Å²) < 4.78 is 10.6.